The number of rotatable bonds is 1. The molecular formula is C9H12N4O2. The maximum atomic E-state index is 10.4. The normalized spacial score (nSPS) is 9.47. The molecule has 0 aliphatic rings. The van der Waals surface area contributed by atoms with Gasteiger partial charge < -0.3 is 10.7 Å². The highest BCUT2D eigenvalue weighted by molar-refractivity contribution is 5.79. The first-order chi connectivity index (χ1) is 7.16. The number of nitrogen functional groups attached to an aromatic ring is 1. The van der Waals surface area contributed by atoms with Gasteiger partial charge in [-0.15, -0.1) is 0 Å². The lowest BCUT2D eigenvalue weighted by Gasteiger charge is -1.89. The molecule has 6 nitrogen and oxygen atoms in total. The van der Waals surface area contributed by atoms with Gasteiger partial charge in [0, 0.05) is 12.1 Å². The summed E-state index contributed by atoms with van der Waals surface area (Å²) >= 11 is 0. The van der Waals surface area contributed by atoms with Crippen molar-refractivity contribution < 1.29 is 4.92 Å². The summed E-state index contributed by atoms with van der Waals surface area (Å²) in [5, 5.41) is 10.4. The lowest BCUT2D eigenvalue weighted by Crippen LogP contribution is -1.86. The molecule has 0 saturated carbocycles. The summed E-state index contributed by atoms with van der Waals surface area (Å²) in [6.45, 7) is 4.00. The quantitative estimate of drug-likeness (QED) is 0.553. The summed E-state index contributed by atoms with van der Waals surface area (Å²) in [6.07, 6.45) is 0. The largest absolute Gasteiger partial charge is 0.369 e. The topological polar surface area (TPSA) is 97.8 Å². The van der Waals surface area contributed by atoms with Crippen LogP contribution in [0.25, 0.3) is 11.0 Å². The van der Waals surface area contributed by atoms with Crippen LogP contribution in [0.4, 0.5) is 11.6 Å². The fraction of sp³-hybridized carbons (Fsp3) is 0.222. The molecule has 2 aromatic rings. The molecule has 0 radical (unpaired) electrons. The lowest BCUT2D eigenvalue weighted by molar-refractivity contribution is -0.384. The van der Waals surface area contributed by atoms with Gasteiger partial charge in [-0.2, -0.15) is 0 Å². The Bertz CT molecular complexity index is 478. The fourth-order valence-electron chi connectivity index (χ4n) is 1.13. The van der Waals surface area contributed by atoms with Crippen LogP contribution in [0, 0.1) is 10.1 Å². The molecule has 0 saturated heterocycles. The molecule has 3 N–H and O–H groups in total. The third-order valence-corrected chi connectivity index (χ3v) is 1.69. The van der Waals surface area contributed by atoms with Gasteiger partial charge in [0.1, 0.15) is 0 Å². The molecular weight excluding hydrogens is 196 g/mol. The van der Waals surface area contributed by atoms with Crippen molar-refractivity contribution >= 4 is 22.7 Å². The van der Waals surface area contributed by atoms with Gasteiger partial charge in [0.2, 0.25) is 0 Å². The van der Waals surface area contributed by atoms with Crippen molar-refractivity contribution in [2.24, 2.45) is 0 Å². The van der Waals surface area contributed by atoms with E-state index in [1.165, 1.54) is 12.1 Å². The van der Waals surface area contributed by atoms with E-state index in [-0.39, 0.29) is 11.6 Å². The Hall–Kier alpha value is -2.11. The number of benzene rings is 1. The van der Waals surface area contributed by atoms with Crippen molar-refractivity contribution in [1.82, 2.24) is 9.97 Å². The number of non-ortho nitro benzene ring substituents is 1. The predicted octanol–water partition coefficient (Wildman–Crippen LogP) is 2.08. The number of aromatic nitrogens is 2. The van der Waals surface area contributed by atoms with E-state index >= 15 is 0 Å². The van der Waals surface area contributed by atoms with Crippen LogP contribution < -0.4 is 5.73 Å². The number of imidazole rings is 1. The molecule has 0 spiro atoms. The van der Waals surface area contributed by atoms with Crippen LogP contribution in [0.2, 0.25) is 0 Å². The SMILES string of the molecule is CC.Nc1nc2ccc([N+](=O)[O-])cc2[nH]1. The van der Waals surface area contributed by atoms with E-state index in [9.17, 15) is 10.1 Å². The predicted molar refractivity (Wildman–Crippen MR) is 58.5 cm³/mol. The Morgan fingerprint density at radius 3 is 2.73 bits per heavy atom. The first-order valence-corrected chi connectivity index (χ1v) is 4.56. The minimum atomic E-state index is -0.462. The number of H-pyrrole nitrogens is 1. The average molecular weight is 208 g/mol. The van der Waals surface area contributed by atoms with Gasteiger partial charge in [-0.3, -0.25) is 10.1 Å². The number of fused-ring (bicyclic) bond motifs is 1. The first kappa shape index (κ1) is 11.0. The summed E-state index contributed by atoms with van der Waals surface area (Å²) < 4.78 is 0. The number of anilines is 1. The number of hydrogen-bond donors (Lipinski definition) is 2. The van der Waals surface area contributed by atoms with Gasteiger partial charge in [0.15, 0.2) is 5.95 Å². The standard InChI is InChI=1S/C7H6N4O2.C2H6/c8-7-9-5-2-1-4(11(12)13)3-6(5)10-7;1-2/h1-3H,(H3,8,9,10);1-2H3. The molecule has 0 unspecified atom stereocenters. The summed E-state index contributed by atoms with van der Waals surface area (Å²) in [6, 6.07) is 4.35. The summed E-state index contributed by atoms with van der Waals surface area (Å²) in [4.78, 5) is 16.6. The van der Waals surface area contributed by atoms with Gasteiger partial charge in [0.25, 0.3) is 5.69 Å². The summed E-state index contributed by atoms with van der Waals surface area (Å²) in [5.74, 6) is 0.260. The molecule has 15 heavy (non-hydrogen) atoms. The Labute approximate surface area is 86.3 Å². The number of nitro benzene ring substituents is 1. The van der Waals surface area contributed by atoms with Gasteiger partial charge in [-0.05, 0) is 6.07 Å². The number of hydrogen-bond acceptors (Lipinski definition) is 4. The molecule has 1 heterocycles. The fourth-order valence-corrected chi connectivity index (χ4v) is 1.13. The molecule has 1 aromatic carbocycles. The molecule has 80 valence electrons. The molecule has 0 bridgehead atoms. The van der Waals surface area contributed by atoms with E-state index in [4.69, 9.17) is 5.73 Å². The van der Waals surface area contributed by atoms with Gasteiger partial charge in [-0.1, -0.05) is 13.8 Å². The third kappa shape index (κ3) is 2.22. The van der Waals surface area contributed by atoms with Crippen molar-refractivity contribution in [3.05, 3.63) is 28.3 Å². The highest BCUT2D eigenvalue weighted by Gasteiger charge is 2.07. The van der Waals surface area contributed by atoms with Crippen LogP contribution in [0.5, 0.6) is 0 Å². The first-order valence-electron chi connectivity index (χ1n) is 4.56. The van der Waals surface area contributed by atoms with E-state index < -0.39 is 4.92 Å². The highest BCUT2D eigenvalue weighted by atomic mass is 16.6. The van der Waals surface area contributed by atoms with E-state index in [2.05, 4.69) is 9.97 Å². The van der Waals surface area contributed by atoms with Crippen molar-refractivity contribution in [2.75, 3.05) is 5.73 Å². The second-order valence-electron chi connectivity index (χ2n) is 2.58. The molecule has 6 heteroatoms. The monoisotopic (exact) mass is 208 g/mol. The highest BCUT2D eigenvalue weighted by Crippen LogP contribution is 2.19. The third-order valence-electron chi connectivity index (χ3n) is 1.69. The average Bonchev–Trinajstić information content (AvgIpc) is 2.59. The zero-order valence-corrected chi connectivity index (χ0v) is 8.52. The maximum Gasteiger partial charge on any atom is 0.271 e. The summed E-state index contributed by atoms with van der Waals surface area (Å²) in [7, 11) is 0. The molecule has 2 rings (SSSR count). The van der Waals surface area contributed by atoms with E-state index in [1.807, 2.05) is 13.8 Å². The van der Waals surface area contributed by atoms with Crippen LogP contribution in [0.3, 0.4) is 0 Å². The zero-order chi connectivity index (χ0) is 11.4. The second kappa shape index (κ2) is 4.41. The number of nitro groups is 1. The Morgan fingerprint density at radius 1 is 1.47 bits per heavy atom. The Morgan fingerprint density at radius 2 is 2.13 bits per heavy atom. The minimum Gasteiger partial charge on any atom is -0.369 e. The number of nitrogens with one attached hydrogen (secondary N) is 1. The van der Waals surface area contributed by atoms with Crippen molar-refractivity contribution in [3.63, 3.8) is 0 Å². The molecule has 0 aliphatic carbocycles. The molecule has 1 aromatic heterocycles. The molecule has 0 fully saturated rings. The van der Waals surface area contributed by atoms with Crippen LogP contribution in [-0.2, 0) is 0 Å². The van der Waals surface area contributed by atoms with Crippen LogP contribution in [-0.4, -0.2) is 14.9 Å². The van der Waals surface area contributed by atoms with Crippen LogP contribution >= 0.6 is 0 Å². The number of nitrogens with two attached hydrogens (primary N) is 1. The molecule has 0 atom stereocenters. The molecule has 0 amide bonds. The van der Waals surface area contributed by atoms with Gasteiger partial charge in [-0.25, -0.2) is 4.98 Å². The Kier molecular flexibility index (Phi) is 3.22. The van der Waals surface area contributed by atoms with E-state index in [0.717, 1.165) is 0 Å². The van der Waals surface area contributed by atoms with E-state index in [1.54, 1.807) is 6.07 Å². The van der Waals surface area contributed by atoms with Crippen molar-refractivity contribution in [2.45, 2.75) is 13.8 Å². The van der Waals surface area contributed by atoms with E-state index in [0.29, 0.717) is 11.0 Å². The zero-order valence-electron chi connectivity index (χ0n) is 8.52. The smallest absolute Gasteiger partial charge is 0.271 e. The van der Waals surface area contributed by atoms with Crippen molar-refractivity contribution in [3.8, 4) is 0 Å². The summed E-state index contributed by atoms with van der Waals surface area (Å²) in [5.41, 5.74) is 6.61. The van der Waals surface area contributed by atoms with Crippen LogP contribution in [0.1, 0.15) is 13.8 Å². The molecule has 0 aliphatic heterocycles. The van der Waals surface area contributed by atoms with Crippen LogP contribution in [0.15, 0.2) is 18.2 Å². The number of aromatic amines is 1. The number of nitrogens with zero attached hydrogens (tertiary/aromatic N) is 2. The lowest BCUT2D eigenvalue weighted by atomic mass is 10.3. The second-order valence-corrected chi connectivity index (χ2v) is 2.58. The maximum absolute atomic E-state index is 10.4. The van der Waals surface area contributed by atoms with Crippen molar-refractivity contribution in [1.29, 1.82) is 0 Å². The van der Waals surface area contributed by atoms with Gasteiger partial charge >= 0.3 is 0 Å². The Balaban J connectivity index is 0.000000531. The van der Waals surface area contributed by atoms with Gasteiger partial charge in [0.05, 0.1) is 16.0 Å². The minimum absolute atomic E-state index is 0.0242.